The lowest BCUT2D eigenvalue weighted by molar-refractivity contribution is -0.904. The largest absolute Gasteiger partial charge is 0.493 e. The maximum absolute atomic E-state index is 11.8. The van der Waals surface area contributed by atoms with Crippen molar-refractivity contribution in [1.29, 1.82) is 0 Å². The first-order valence-corrected chi connectivity index (χ1v) is 10.1. The molecule has 0 unspecified atom stereocenters. The number of sulfonamides is 1. The smallest absolute Gasteiger partial charge is 0.231 e. The lowest BCUT2D eigenvalue weighted by atomic mass is 10.2. The third-order valence-corrected chi connectivity index (χ3v) is 4.28. The Balaban J connectivity index is 2.11. The van der Waals surface area contributed by atoms with Crippen LogP contribution in [0.25, 0.3) is 11.4 Å². The van der Waals surface area contributed by atoms with E-state index in [1.807, 2.05) is 0 Å². The molecule has 146 valence electrons. The number of hydrogen-bond acceptors (Lipinski definition) is 7. The number of methoxy groups -OCH3 is 1. The monoisotopic (exact) mass is 423 g/mol. The predicted octanol–water partition coefficient (Wildman–Crippen LogP) is 2.49. The van der Waals surface area contributed by atoms with Gasteiger partial charge in [-0.05, 0) is 12.1 Å². The first-order chi connectivity index (χ1) is 13.3. The second-order valence-corrected chi connectivity index (χ2v) is 7.72. The van der Waals surface area contributed by atoms with Gasteiger partial charge in [0.15, 0.2) is 28.3 Å². The molecule has 0 bridgehead atoms. The summed E-state index contributed by atoms with van der Waals surface area (Å²) in [6, 6.07) is 9.86. The van der Waals surface area contributed by atoms with Crippen molar-refractivity contribution in [3.05, 3.63) is 53.9 Å². The van der Waals surface area contributed by atoms with Gasteiger partial charge in [0.25, 0.3) is 0 Å². The standard InChI is InChI=1S/C17H16ClN4O5S/c1-26-12-5-3-4-6-13(12)27-14-15(18)19-16(11-7-9-22(23)10-8-11)20-17(14)21-28(2,24)25/h3-10,23H,1-2H3,(H,19,20,21)/q+1. The average Bonchev–Trinajstić information content (AvgIpc) is 2.64. The van der Waals surface area contributed by atoms with Gasteiger partial charge in [-0.2, -0.15) is 0 Å². The van der Waals surface area contributed by atoms with Crippen LogP contribution in [-0.4, -0.2) is 37.0 Å². The number of ether oxygens (including phenoxy) is 2. The van der Waals surface area contributed by atoms with Gasteiger partial charge in [-0.3, -0.25) is 9.93 Å². The lowest BCUT2D eigenvalue weighted by Gasteiger charge is -2.15. The number of rotatable bonds is 6. The Morgan fingerprint density at radius 1 is 1.11 bits per heavy atom. The molecule has 11 heteroatoms. The summed E-state index contributed by atoms with van der Waals surface area (Å²) in [6.07, 6.45) is 3.72. The van der Waals surface area contributed by atoms with Gasteiger partial charge in [0.2, 0.25) is 28.2 Å². The second kappa shape index (κ2) is 7.87. The number of pyridine rings is 1. The number of nitrogens with zero attached hydrogens (tertiary/aromatic N) is 3. The maximum Gasteiger partial charge on any atom is 0.231 e. The molecule has 0 amide bonds. The third kappa shape index (κ3) is 4.59. The molecular weight excluding hydrogens is 408 g/mol. The molecule has 3 aromatic rings. The number of para-hydroxylation sites is 2. The summed E-state index contributed by atoms with van der Waals surface area (Å²) in [4.78, 5) is 8.41. The second-order valence-electron chi connectivity index (χ2n) is 5.61. The minimum Gasteiger partial charge on any atom is -0.493 e. The fourth-order valence-electron chi connectivity index (χ4n) is 2.27. The van der Waals surface area contributed by atoms with Crippen LogP contribution in [0.4, 0.5) is 5.82 Å². The highest BCUT2D eigenvalue weighted by atomic mass is 35.5. The summed E-state index contributed by atoms with van der Waals surface area (Å²) in [5, 5.41) is 9.24. The Labute approximate surface area is 166 Å². The van der Waals surface area contributed by atoms with E-state index in [9.17, 15) is 13.6 Å². The van der Waals surface area contributed by atoms with Gasteiger partial charge in [-0.1, -0.05) is 23.7 Å². The molecule has 3 rings (SSSR count). The Kier molecular flexibility index (Phi) is 5.52. The molecule has 2 aromatic heterocycles. The minimum atomic E-state index is -3.68. The predicted molar refractivity (Wildman–Crippen MR) is 101 cm³/mol. The van der Waals surface area contributed by atoms with Crippen LogP contribution in [0.2, 0.25) is 5.15 Å². The zero-order chi connectivity index (χ0) is 20.3. The van der Waals surface area contributed by atoms with Crippen LogP contribution >= 0.6 is 11.6 Å². The number of hydrogen-bond donors (Lipinski definition) is 2. The van der Waals surface area contributed by atoms with Crippen molar-refractivity contribution in [2.75, 3.05) is 18.1 Å². The Morgan fingerprint density at radius 3 is 2.36 bits per heavy atom. The molecule has 0 radical (unpaired) electrons. The van der Waals surface area contributed by atoms with Crippen LogP contribution in [-0.2, 0) is 10.0 Å². The summed E-state index contributed by atoms with van der Waals surface area (Å²) in [6.45, 7) is 0. The molecule has 0 saturated carbocycles. The van der Waals surface area contributed by atoms with E-state index in [0.717, 1.165) is 11.0 Å². The highest BCUT2D eigenvalue weighted by Crippen LogP contribution is 2.39. The average molecular weight is 424 g/mol. The number of halogens is 1. The highest BCUT2D eigenvalue weighted by Gasteiger charge is 2.21. The van der Waals surface area contributed by atoms with Gasteiger partial charge in [0.1, 0.15) is 0 Å². The molecule has 2 N–H and O–H groups in total. The quantitative estimate of drug-likeness (QED) is 0.355. The molecule has 9 nitrogen and oxygen atoms in total. The molecule has 0 spiro atoms. The van der Waals surface area contributed by atoms with E-state index in [0.29, 0.717) is 17.1 Å². The van der Waals surface area contributed by atoms with Crippen LogP contribution in [0.1, 0.15) is 0 Å². The van der Waals surface area contributed by atoms with Crippen molar-refractivity contribution in [2.45, 2.75) is 0 Å². The summed E-state index contributed by atoms with van der Waals surface area (Å²) in [7, 11) is -2.21. The van der Waals surface area contributed by atoms with Crippen LogP contribution in [0.15, 0.2) is 48.8 Å². The van der Waals surface area contributed by atoms with Crippen molar-refractivity contribution >= 4 is 27.4 Å². The molecule has 0 saturated heterocycles. The molecule has 28 heavy (non-hydrogen) atoms. The van der Waals surface area contributed by atoms with Crippen molar-refractivity contribution in [3.63, 3.8) is 0 Å². The summed E-state index contributed by atoms with van der Waals surface area (Å²) in [5.74, 6) is 0.658. The number of anilines is 1. The topological polar surface area (TPSA) is 115 Å². The highest BCUT2D eigenvalue weighted by molar-refractivity contribution is 7.92. The summed E-state index contributed by atoms with van der Waals surface area (Å²) >= 11 is 6.28. The normalized spacial score (nSPS) is 11.1. The molecule has 2 heterocycles. The van der Waals surface area contributed by atoms with E-state index >= 15 is 0 Å². The van der Waals surface area contributed by atoms with Gasteiger partial charge in [0, 0.05) is 22.4 Å². The van der Waals surface area contributed by atoms with E-state index in [2.05, 4.69) is 14.7 Å². The fraction of sp³-hybridized carbons (Fsp3) is 0.118. The van der Waals surface area contributed by atoms with Gasteiger partial charge in [-0.25, -0.2) is 18.4 Å². The van der Waals surface area contributed by atoms with E-state index < -0.39 is 10.0 Å². The number of nitrogens with one attached hydrogen (secondary N) is 1. The first-order valence-electron chi connectivity index (χ1n) is 7.84. The van der Waals surface area contributed by atoms with Crippen LogP contribution in [0.5, 0.6) is 17.2 Å². The lowest BCUT2D eigenvalue weighted by Crippen LogP contribution is -2.27. The Hall–Kier alpha value is -3.11. The zero-order valence-electron chi connectivity index (χ0n) is 14.8. The van der Waals surface area contributed by atoms with Crippen LogP contribution in [0.3, 0.4) is 0 Å². The maximum atomic E-state index is 11.8. The van der Waals surface area contributed by atoms with Gasteiger partial charge in [-0.15, -0.1) is 0 Å². The number of benzene rings is 1. The number of aromatic nitrogens is 3. The van der Waals surface area contributed by atoms with E-state index in [4.69, 9.17) is 21.1 Å². The summed E-state index contributed by atoms with van der Waals surface area (Å²) < 4.78 is 37.7. The van der Waals surface area contributed by atoms with Gasteiger partial charge in [0.05, 0.1) is 13.4 Å². The zero-order valence-corrected chi connectivity index (χ0v) is 16.4. The molecule has 0 atom stereocenters. The molecule has 0 aliphatic heterocycles. The van der Waals surface area contributed by atoms with E-state index in [1.54, 1.807) is 24.3 Å². The van der Waals surface area contributed by atoms with Crippen LogP contribution < -0.4 is 18.9 Å². The van der Waals surface area contributed by atoms with Crippen molar-refractivity contribution in [1.82, 2.24) is 9.97 Å². The molecule has 1 aromatic carbocycles. The van der Waals surface area contributed by atoms with E-state index in [1.165, 1.54) is 31.6 Å². The first kappa shape index (κ1) is 19.6. The minimum absolute atomic E-state index is 0.0755. The van der Waals surface area contributed by atoms with Gasteiger partial charge < -0.3 is 9.47 Å². The van der Waals surface area contributed by atoms with Crippen LogP contribution in [0, 0.1) is 0 Å². The Morgan fingerprint density at radius 2 is 1.75 bits per heavy atom. The Bertz CT molecular complexity index is 1110. The molecular formula is C17H16ClN4O5S+. The summed E-state index contributed by atoms with van der Waals surface area (Å²) in [5.41, 5.74) is 0.507. The van der Waals surface area contributed by atoms with Crippen molar-refractivity contribution in [2.24, 2.45) is 0 Å². The van der Waals surface area contributed by atoms with Gasteiger partial charge >= 0.3 is 0 Å². The SMILES string of the molecule is COc1ccccc1Oc1c(Cl)nc(-c2cc[n+](O)cc2)nc1NS(C)(=O)=O. The molecule has 0 aliphatic carbocycles. The van der Waals surface area contributed by atoms with E-state index in [-0.39, 0.29) is 22.5 Å². The molecule has 0 aliphatic rings. The van der Waals surface area contributed by atoms with Crippen molar-refractivity contribution < 1.29 is 27.8 Å². The fourth-order valence-corrected chi connectivity index (χ4v) is 2.97. The molecule has 0 fully saturated rings. The third-order valence-electron chi connectivity index (χ3n) is 3.46. The van der Waals surface area contributed by atoms with Crippen molar-refractivity contribution in [3.8, 4) is 28.6 Å².